The molecule has 1 saturated carbocycles. The molecule has 2 fully saturated rings. The minimum atomic E-state index is -0.0194. The lowest BCUT2D eigenvalue weighted by atomic mass is 10.0. The molecule has 2 amide bonds. The van der Waals surface area contributed by atoms with Crippen molar-refractivity contribution in [3.63, 3.8) is 0 Å². The van der Waals surface area contributed by atoms with Crippen LogP contribution in [-0.2, 0) is 11.2 Å². The van der Waals surface area contributed by atoms with Crippen molar-refractivity contribution in [1.29, 1.82) is 0 Å². The number of ether oxygens (including phenoxy) is 1. The first-order valence-corrected chi connectivity index (χ1v) is 9.92. The molecule has 2 aromatic carbocycles. The monoisotopic (exact) mass is 378 g/mol. The fourth-order valence-corrected chi connectivity index (χ4v) is 4.50. The minimum absolute atomic E-state index is 0.0194. The zero-order valence-corrected chi connectivity index (χ0v) is 16.1. The van der Waals surface area contributed by atoms with Crippen molar-refractivity contribution in [1.82, 2.24) is 10.2 Å². The van der Waals surface area contributed by atoms with Crippen molar-refractivity contribution >= 4 is 11.8 Å². The molecule has 0 unspecified atom stereocenters. The molecule has 2 aromatic rings. The number of methoxy groups -OCH3 is 1. The number of fused-ring (bicyclic) bond motifs is 2. The summed E-state index contributed by atoms with van der Waals surface area (Å²) in [5.74, 6) is 1.37. The van der Waals surface area contributed by atoms with Crippen molar-refractivity contribution in [3.8, 4) is 5.75 Å². The molecule has 0 radical (unpaired) electrons. The van der Waals surface area contributed by atoms with E-state index in [1.54, 1.807) is 7.11 Å². The van der Waals surface area contributed by atoms with Gasteiger partial charge in [0.1, 0.15) is 5.75 Å². The molecule has 0 aromatic heterocycles. The number of benzene rings is 2. The van der Waals surface area contributed by atoms with Crippen molar-refractivity contribution < 1.29 is 14.3 Å². The Morgan fingerprint density at radius 2 is 1.93 bits per heavy atom. The summed E-state index contributed by atoms with van der Waals surface area (Å²) in [7, 11) is 1.65. The van der Waals surface area contributed by atoms with Crippen LogP contribution in [0.15, 0.2) is 54.6 Å². The van der Waals surface area contributed by atoms with Gasteiger partial charge in [-0.3, -0.25) is 9.59 Å². The van der Waals surface area contributed by atoms with Crippen LogP contribution in [0.25, 0.3) is 0 Å². The summed E-state index contributed by atoms with van der Waals surface area (Å²) in [6.45, 7) is 0.751. The van der Waals surface area contributed by atoms with Gasteiger partial charge >= 0.3 is 0 Å². The van der Waals surface area contributed by atoms with Crippen LogP contribution in [0.3, 0.4) is 0 Å². The van der Waals surface area contributed by atoms with Crippen LogP contribution in [0.1, 0.15) is 35.2 Å². The Labute approximate surface area is 165 Å². The molecule has 28 heavy (non-hydrogen) atoms. The highest BCUT2D eigenvalue weighted by atomic mass is 16.5. The summed E-state index contributed by atoms with van der Waals surface area (Å²) in [5.41, 5.74) is 1.81. The number of amides is 2. The van der Waals surface area contributed by atoms with Crippen LogP contribution in [0.4, 0.5) is 0 Å². The van der Waals surface area contributed by atoms with E-state index in [1.165, 1.54) is 0 Å². The smallest absolute Gasteiger partial charge is 0.251 e. The van der Waals surface area contributed by atoms with Gasteiger partial charge in [0.2, 0.25) is 5.91 Å². The third-order valence-corrected chi connectivity index (χ3v) is 5.98. The topological polar surface area (TPSA) is 58.6 Å². The van der Waals surface area contributed by atoms with Crippen LogP contribution in [0.5, 0.6) is 5.75 Å². The molecular weight excluding hydrogens is 352 g/mol. The van der Waals surface area contributed by atoms with Crippen LogP contribution >= 0.6 is 0 Å². The predicted octanol–water partition coefficient (Wildman–Crippen LogP) is 3.05. The van der Waals surface area contributed by atoms with Crippen molar-refractivity contribution in [2.75, 3.05) is 13.7 Å². The van der Waals surface area contributed by atoms with Gasteiger partial charge in [-0.25, -0.2) is 0 Å². The number of nitrogens with one attached hydrogen (secondary N) is 1. The van der Waals surface area contributed by atoms with Crippen molar-refractivity contribution in [3.05, 3.63) is 65.7 Å². The number of aryl methyl sites for hydroxylation is 1. The first-order valence-electron chi connectivity index (χ1n) is 9.92. The van der Waals surface area contributed by atoms with Gasteiger partial charge < -0.3 is 15.0 Å². The summed E-state index contributed by atoms with van der Waals surface area (Å²) < 4.78 is 5.25. The Bertz CT molecular complexity index is 852. The summed E-state index contributed by atoms with van der Waals surface area (Å²) in [6.07, 6.45) is 3.08. The molecule has 1 heterocycles. The lowest BCUT2D eigenvalue weighted by Crippen LogP contribution is -2.47. The van der Waals surface area contributed by atoms with E-state index in [0.29, 0.717) is 17.9 Å². The predicted molar refractivity (Wildman–Crippen MR) is 107 cm³/mol. The number of nitrogens with zero attached hydrogens (tertiary/aromatic N) is 1. The maximum Gasteiger partial charge on any atom is 0.251 e. The molecular formula is C23H26N2O3. The first-order chi connectivity index (χ1) is 13.6. The summed E-state index contributed by atoms with van der Waals surface area (Å²) in [5, 5.41) is 3.17. The average molecular weight is 378 g/mol. The number of carbonyl (C=O) groups excluding carboxylic acids is 2. The van der Waals surface area contributed by atoms with Gasteiger partial charge in [-0.2, -0.15) is 0 Å². The third-order valence-electron chi connectivity index (χ3n) is 5.98. The highest BCUT2D eigenvalue weighted by molar-refractivity contribution is 5.94. The number of likely N-dealkylation sites (tertiary alicyclic amines) is 1. The van der Waals surface area contributed by atoms with Gasteiger partial charge in [-0.15, -0.1) is 0 Å². The minimum Gasteiger partial charge on any atom is -0.497 e. The Kier molecular flexibility index (Phi) is 5.33. The van der Waals surface area contributed by atoms with Gasteiger partial charge in [0.05, 0.1) is 7.11 Å². The van der Waals surface area contributed by atoms with Gasteiger partial charge in [0, 0.05) is 30.6 Å². The summed E-state index contributed by atoms with van der Waals surface area (Å²) >= 11 is 0. The van der Waals surface area contributed by atoms with Gasteiger partial charge in [0.15, 0.2) is 0 Å². The van der Waals surface area contributed by atoms with E-state index in [1.807, 2.05) is 59.5 Å². The first kappa shape index (κ1) is 18.5. The van der Waals surface area contributed by atoms with Crippen molar-refractivity contribution in [2.45, 2.75) is 37.8 Å². The fourth-order valence-electron chi connectivity index (χ4n) is 4.50. The zero-order chi connectivity index (χ0) is 19.5. The second-order valence-electron chi connectivity index (χ2n) is 7.73. The maximum absolute atomic E-state index is 12.7. The molecule has 5 nitrogen and oxygen atoms in total. The normalized spacial score (nSPS) is 22.9. The van der Waals surface area contributed by atoms with E-state index in [-0.39, 0.29) is 23.9 Å². The molecule has 5 heteroatoms. The third kappa shape index (κ3) is 3.88. The number of rotatable bonds is 6. The van der Waals surface area contributed by atoms with Crippen LogP contribution < -0.4 is 10.1 Å². The van der Waals surface area contributed by atoms with Crippen LogP contribution in [0.2, 0.25) is 0 Å². The molecule has 1 saturated heterocycles. The van der Waals surface area contributed by atoms with Crippen molar-refractivity contribution in [2.24, 2.45) is 5.92 Å². The highest BCUT2D eigenvalue weighted by Crippen LogP contribution is 2.38. The molecule has 2 bridgehead atoms. The maximum atomic E-state index is 12.7. The highest BCUT2D eigenvalue weighted by Gasteiger charge is 2.46. The van der Waals surface area contributed by atoms with E-state index in [0.717, 1.165) is 37.1 Å². The number of hydrogen-bond donors (Lipinski definition) is 1. The van der Waals surface area contributed by atoms with Gasteiger partial charge in [-0.05, 0) is 55.0 Å². The van der Waals surface area contributed by atoms with E-state index in [4.69, 9.17) is 4.74 Å². The fraction of sp³-hybridized carbons (Fsp3) is 0.391. The quantitative estimate of drug-likeness (QED) is 0.841. The Hall–Kier alpha value is -2.82. The van der Waals surface area contributed by atoms with Gasteiger partial charge in [-0.1, -0.05) is 30.3 Å². The lowest BCUT2D eigenvalue weighted by Gasteiger charge is -2.32. The Morgan fingerprint density at radius 1 is 1.11 bits per heavy atom. The Balaban J connectivity index is 1.29. The zero-order valence-electron chi connectivity index (χ0n) is 16.1. The summed E-state index contributed by atoms with van der Waals surface area (Å²) in [4.78, 5) is 27.1. The molecule has 146 valence electrons. The molecule has 2 aliphatic rings. The van der Waals surface area contributed by atoms with E-state index in [2.05, 4.69) is 5.32 Å². The number of hydrogen-bond acceptors (Lipinski definition) is 3. The number of piperidine rings is 1. The van der Waals surface area contributed by atoms with E-state index < -0.39 is 0 Å². The molecule has 4 rings (SSSR count). The van der Waals surface area contributed by atoms with Crippen LogP contribution in [-0.4, -0.2) is 42.5 Å². The largest absolute Gasteiger partial charge is 0.497 e. The number of carbonyl (C=O) groups is 2. The molecule has 1 N–H and O–H groups in total. The lowest BCUT2D eigenvalue weighted by molar-refractivity contribution is -0.132. The summed E-state index contributed by atoms with van der Waals surface area (Å²) in [6, 6.07) is 17.6. The molecule has 3 atom stereocenters. The Morgan fingerprint density at radius 3 is 2.64 bits per heavy atom. The van der Waals surface area contributed by atoms with E-state index in [9.17, 15) is 9.59 Å². The second-order valence-corrected chi connectivity index (χ2v) is 7.73. The van der Waals surface area contributed by atoms with Gasteiger partial charge in [0.25, 0.3) is 5.91 Å². The second kappa shape index (κ2) is 8.05. The SMILES string of the molecule is COc1cccc(CCC(=O)N2C[C@@H]3C[C@H]2C[C@@H]3NC(=O)c2ccccc2)c1. The molecule has 1 aliphatic heterocycles. The molecule has 0 spiro atoms. The standard InChI is InChI=1S/C23H26N2O3/c1-28-20-9-5-6-16(12-20)10-11-22(26)25-15-18-13-19(25)14-21(18)24-23(27)17-7-3-2-4-8-17/h2-9,12,18-19,21H,10-11,13-15H2,1H3,(H,24,27)/t18-,19-,21-/m0/s1. The van der Waals surface area contributed by atoms with Crippen LogP contribution in [0, 0.1) is 5.92 Å². The molecule has 1 aliphatic carbocycles. The average Bonchev–Trinajstić information content (AvgIpc) is 3.33. The van der Waals surface area contributed by atoms with E-state index >= 15 is 0 Å².